The van der Waals surface area contributed by atoms with E-state index in [0.29, 0.717) is 0 Å². The maximum absolute atomic E-state index is 11.5. The summed E-state index contributed by atoms with van der Waals surface area (Å²) >= 11 is 0. The van der Waals surface area contributed by atoms with Crippen LogP contribution in [-0.4, -0.2) is 46.9 Å². The van der Waals surface area contributed by atoms with Gasteiger partial charge in [0.05, 0.1) is 6.42 Å². The van der Waals surface area contributed by atoms with Gasteiger partial charge in [-0.25, -0.2) is 9.59 Å². The van der Waals surface area contributed by atoms with Gasteiger partial charge in [0.1, 0.15) is 12.1 Å². The number of carbonyl (C=O) groups excluding carboxylic acids is 4. The first-order valence-electron chi connectivity index (χ1n) is 5.71. The van der Waals surface area contributed by atoms with Crippen molar-refractivity contribution in [3.05, 3.63) is 0 Å². The Bertz CT molecular complexity index is 463. The van der Waals surface area contributed by atoms with Crippen LogP contribution in [0.25, 0.3) is 0 Å². The predicted octanol–water partition coefficient (Wildman–Crippen LogP) is -2.58. The summed E-state index contributed by atoms with van der Waals surface area (Å²) in [4.78, 5) is 55.3. The molecule has 1 aliphatic heterocycles. The lowest BCUT2D eigenvalue weighted by molar-refractivity contribution is -0.140. The summed E-state index contributed by atoms with van der Waals surface area (Å²) in [6, 6.07) is -3.36. The molecular weight excluding hydrogens is 272 g/mol. The van der Waals surface area contributed by atoms with Crippen molar-refractivity contribution >= 4 is 29.7 Å². The van der Waals surface area contributed by atoms with Gasteiger partial charge in [0, 0.05) is 6.42 Å². The van der Waals surface area contributed by atoms with Crippen molar-refractivity contribution in [2.75, 3.05) is 0 Å². The van der Waals surface area contributed by atoms with Gasteiger partial charge in [-0.1, -0.05) is 0 Å². The molecule has 10 nitrogen and oxygen atoms in total. The number of carbonyl (C=O) groups is 5. The molecule has 1 aliphatic rings. The highest BCUT2D eigenvalue weighted by Gasteiger charge is 2.29. The quantitative estimate of drug-likeness (QED) is 0.348. The molecule has 1 heterocycles. The van der Waals surface area contributed by atoms with Crippen LogP contribution < -0.4 is 21.7 Å². The number of carboxylic acid groups (broad SMARTS) is 1. The second-order valence-electron chi connectivity index (χ2n) is 4.18. The summed E-state index contributed by atoms with van der Waals surface area (Å²) in [5, 5.41) is 15.1. The first kappa shape index (κ1) is 15.4. The van der Waals surface area contributed by atoms with E-state index in [2.05, 4.69) is 5.32 Å². The smallest absolute Gasteiger partial charge is 0.326 e. The summed E-state index contributed by atoms with van der Waals surface area (Å²) in [5.74, 6) is -3.43. The van der Waals surface area contributed by atoms with Gasteiger partial charge in [-0.2, -0.15) is 0 Å². The van der Waals surface area contributed by atoms with Crippen molar-refractivity contribution in [3.8, 4) is 0 Å². The fourth-order valence-electron chi connectivity index (χ4n) is 1.59. The number of carboxylic acids is 1. The van der Waals surface area contributed by atoms with Crippen LogP contribution in [0, 0.1) is 0 Å². The van der Waals surface area contributed by atoms with Gasteiger partial charge >= 0.3 is 12.0 Å². The van der Waals surface area contributed by atoms with Crippen LogP contribution in [0.3, 0.4) is 0 Å². The fraction of sp³-hybridized carbons (Fsp3) is 0.500. The Balaban J connectivity index is 2.53. The minimum atomic E-state index is -1.49. The fourth-order valence-corrected chi connectivity index (χ4v) is 1.59. The molecule has 20 heavy (non-hydrogen) atoms. The molecule has 0 aromatic heterocycles. The number of aliphatic carboxylic acids is 1. The predicted molar refractivity (Wildman–Crippen MR) is 63.1 cm³/mol. The van der Waals surface area contributed by atoms with Gasteiger partial charge in [-0.05, 0) is 6.42 Å². The summed E-state index contributed by atoms with van der Waals surface area (Å²) < 4.78 is 0. The van der Waals surface area contributed by atoms with E-state index in [1.807, 2.05) is 10.6 Å². The number of hydrogen-bond donors (Lipinski definition) is 5. The standard InChI is InChI=1S/C10H14N4O6/c11-6(15)3-5(9(18)19)13-10(20)12-4-1-2-7(16)14-8(4)17/h4-5H,1-3H2,(H2,11,15)(H,18,19)(H2,12,13,20)(H,14,16,17)/t4?,5-/m0/s1. The van der Waals surface area contributed by atoms with Crippen molar-refractivity contribution in [2.45, 2.75) is 31.3 Å². The van der Waals surface area contributed by atoms with Gasteiger partial charge in [0.15, 0.2) is 0 Å². The topological polar surface area (TPSA) is 168 Å². The monoisotopic (exact) mass is 286 g/mol. The van der Waals surface area contributed by atoms with Gasteiger partial charge in [-0.15, -0.1) is 0 Å². The molecule has 110 valence electrons. The van der Waals surface area contributed by atoms with Gasteiger partial charge < -0.3 is 21.5 Å². The van der Waals surface area contributed by atoms with E-state index in [1.54, 1.807) is 0 Å². The van der Waals surface area contributed by atoms with E-state index >= 15 is 0 Å². The molecule has 0 bridgehead atoms. The highest BCUT2D eigenvalue weighted by Crippen LogP contribution is 2.04. The van der Waals surface area contributed by atoms with E-state index in [9.17, 15) is 24.0 Å². The van der Waals surface area contributed by atoms with Gasteiger partial charge in [0.25, 0.3) is 0 Å². The second-order valence-corrected chi connectivity index (χ2v) is 4.18. The zero-order valence-corrected chi connectivity index (χ0v) is 10.3. The number of imide groups is 1. The number of nitrogens with two attached hydrogens (primary N) is 1. The minimum absolute atomic E-state index is 0.0698. The molecule has 0 aromatic rings. The average molecular weight is 286 g/mol. The van der Waals surface area contributed by atoms with Crippen LogP contribution in [0.4, 0.5) is 4.79 Å². The number of piperidine rings is 1. The lowest BCUT2D eigenvalue weighted by Crippen LogP contribution is -2.56. The second kappa shape index (κ2) is 6.50. The third-order valence-corrected chi connectivity index (χ3v) is 2.55. The summed E-state index contributed by atoms with van der Waals surface area (Å²) in [6.45, 7) is 0. The third-order valence-electron chi connectivity index (χ3n) is 2.55. The molecule has 0 spiro atoms. The van der Waals surface area contributed by atoms with E-state index < -0.39 is 48.2 Å². The first-order valence-corrected chi connectivity index (χ1v) is 5.71. The van der Waals surface area contributed by atoms with E-state index in [4.69, 9.17) is 10.8 Å². The molecule has 0 aliphatic carbocycles. The summed E-state index contributed by atoms with van der Waals surface area (Å²) in [6.07, 6.45) is -0.385. The number of rotatable bonds is 5. The van der Waals surface area contributed by atoms with Crippen LogP contribution in [0.15, 0.2) is 0 Å². The molecule has 0 aromatic carbocycles. The molecule has 1 rings (SSSR count). The molecule has 1 unspecified atom stereocenters. The molecule has 0 saturated carbocycles. The van der Waals surface area contributed by atoms with E-state index in [-0.39, 0.29) is 12.8 Å². The summed E-state index contributed by atoms with van der Waals surface area (Å²) in [5.41, 5.74) is 4.85. The van der Waals surface area contributed by atoms with Crippen LogP contribution in [0.2, 0.25) is 0 Å². The van der Waals surface area contributed by atoms with Crippen molar-refractivity contribution < 1.29 is 29.1 Å². The Morgan fingerprint density at radius 1 is 1.40 bits per heavy atom. The SMILES string of the molecule is NC(=O)C[C@H](NC(=O)NC1CCC(=O)NC1=O)C(=O)O. The molecule has 1 saturated heterocycles. The zero-order chi connectivity index (χ0) is 15.3. The molecular formula is C10H14N4O6. The van der Waals surface area contributed by atoms with E-state index in [0.717, 1.165) is 0 Å². The van der Waals surface area contributed by atoms with Crippen LogP contribution in [0.5, 0.6) is 0 Å². The Labute approximate surface area is 113 Å². The molecule has 5 amide bonds. The highest BCUT2D eigenvalue weighted by atomic mass is 16.4. The maximum Gasteiger partial charge on any atom is 0.326 e. The minimum Gasteiger partial charge on any atom is -0.480 e. The number of amides is 5. The van der Waals surface area contributed by atoms with Gasteiger partial charge in [0.2, 0.25) is 17.7 Å². The largest absolute Gasteiger partial charge is 0.480 e. The molecule has 1 fully saturated rings. The normalized spacial score (nSPS) is 19.7. The maximum atomic E-state index is 11.5. The van der Waals surface area contributed by atoms with Crippen molar-refractivity contribution in [2.24, 2.45) is 5.73 Å². The molecule has 6 N–H and O–H groups in total. The Kier molecular flexibility index (Phi) is 5.01. The number of nitrogens with one attached hydrogen (secondary N) is 3. The first-order chi connectivity index (χ1) is 9.29. The lowest BCUT2D eigenvalue weighted by atomic mass is 10.1. The third kappa shape index (κ3) is 4.55. The Hall–Kier alpha value is -2.65. The van der Waals surface area contributed by atoms with Crippen molar-refractivity contribution in [1.82, 2.24) is 16.0 Å². The molecule has 10 heteroatoms. The molecule has 2 atom stereocenters. The number of urea groups is 1. The zero-order valence-electron chi connectivity index (χ0n) is 10.3. The van der Waals surface area contributed by atoms with Gasteiger partial charge in [-0.3, -0.25) is 19.7 Å². The molecule has 0 radical (unpaired) electrons. The van der Waals surface area contributed by atoms with Crippen molar-refractivity contribution in [1.29, 1.82) is 0 Å². The number of hydrogen-bond acceptors (Lipinski definition) is 5. The highest BCUT2D eigenvalue weighted by molar-refractivity contribution is 6.01. The Morgan fingerprint density at radius 3 is 2.55 bits per heavy atom. The van der Waals surface area contributed by atoms with Crippen LogP contribution in [-0.2, 0) is 19.2 Å². The number of primary amides is 1. The summed E-state index contributed by atoms with van der Waals surface area (Å²) in [7, 11) is 0. The van der Waals surface area contributed by atoms with Crippen molar-refractivity contribution in [3.63, 3.8) is 0 Å². The lowest BCUT2D eigenvalue weighted by Gasteiger charge is -2.22. The Morgan fingerprint density at radius 2 is 2.05 bits per heavy atom. The van der Waals surface area contributed by atoms with Crippen LogP contribution in [0.1, 0.15) is 19.3 Å². The van der Waals surface area contributed by atoms with Crippen LogP contribution >= 0.6 is 0 Å². The van der Waals surface area contributed by atoms with E-state index in [1.165, 1.54) is 0 Å². The average Bonchev–Trinajstić information content (AvgIpc) is 2.31.